The van der Waals surface area contributed by atoms with Crippen molar-refractivity contribution in [2.24, 2.45) is 5.92 Å². The number of nitrogens with one attached hydrogen (secondary N) is 3. The number of Topliss-reactive ketones (excluding diaryl/α,β-unsaturated/α-hetero) is 1. The van der Waals surface area contributed by atoms with Crippen LogP contribution in [0.4, 0.5) is 0 Å². The Morgan fingerprint density at radius 2 is 1.61 bits per heavy atom. The molecule has 5 N–H and O–H groups in total. The highest BCUT2D eigenvalue weighted by Crippen LogP contribution is 2.09. The van der Waals surface area contributed by atoms with Gasteiger partial charge in [-0.1, -0.05) is 26.8 Å². The van der Waals surface area contributed by atoms with E-state index >= 15 is 0 Å². The van der Waals surface area contributed by atoms with Crippen LogP contribution in [0.25, 0.3) is 0 Å². The number of ketones is 1. The van der Waals surface area contributed by atoms with Crippen molar-refractivity contribution >= 4 is 17.6 Å². The lowest BCUT2D eigenvalue weighted by atomic mass is 9.96. The predicted molar refractivity (Wildman–Crippen MR) is 109 cm³/mol. The molecule has 28 heavy (non-hydrogen) atoms. The van der Waals surface area contributed by atoms with E-state index in [2.05, 4.69) is 16.0 Å². The predicted octanol–water partition coefficient (Wildman–Crippen LogP) is 0.277. The van der Waals surface area contributed by atoms with Gasteiger partial charge in [-0.15, -0.1) is 0 Å². The normalized spacial score (nSPS) is 17.0. The van der Waals surface area contributed by atoms with Gasteiger partial charge in [0.15, 0.2) is 5.78 Å². The topological polar surface area (TPSA) is 128 Å². The van der Waals surface area contributed by atoms with Gasteiger partial charge >= 0.3 is 0 Å². The maximum atomic E-state index is 12.4. The average Bonchev–Trinajstić information content (AvgIpc) is 2.56. The van der Waals surface area contributed by atoms with Gasteiger partial charge < -0.3 is 26.2 Å². The lowest BCUT2D eigenvalue weighted by molar-refractivity contribution is -0.131. The van der Waals surface area contributed by atoms with Crippen LogP contribution < -0.4 is 16.0 Å². The molecule has 0 aromatic rings. The summed E-state index contributed by atoms with van der Waals surface area (Å²) in [5.41, 5.74) is 0. The number of aliphatic hydroxyl groups excluding tert-OH is 2. The molecule has 0 bridgehead atoms. The molecule has 2 amide bonds. The molecule has 162 valence electrons. The van der Waals surface area contributed by atoms with Gasteiger partial charge in [0.2, 0.25) is 11.8 Å². The first-order chi connectivity index (χ1) is 12.9. The second-order valence-electron chi connectivity index (χ2n) is 7.70. The zero-order valence-corrected chi connectivity index (χ0v) is 17.9. The minimum absolute atomic E-state index is 0.0113. The van der Waals surface area contributed by atoms with Crippen LogP contribution in [0.15, 0.2) is 12.2 Å². The minimum atomic E-state index is -0.848. The van der Waals surface area contributed by atoms with Crippen molar-refractivity contribution in [3.8, 4) is 0 Å². The number of carbonyl (C=O) groups is 3. The monoisotopic (exact) mass is 399 g/mol. The van der Waals surface area contributed by atoms with Crippen LogP contribution in [0.5, 0.6) is 0 Å². The van der Waals surface area contributed by atoms with Gasteiger partial charge in [-0.3, -0.25) is 14.4 Å². The van der Waals surface area contributed by atoms with Gasteiger partial charge in [0.25, 0.3) is 0 Å². The smallest absolute Gasteiger partial charge is 0.243 e. The van der Waals surface area contributed by atoms with Crippen molar-refractivity contribution < 1.29 is 24.6 Å². The Balaban J connectivity index is 4.49. The Labute approximate surface area is 168 Å². The summed E-state index contributed by atoms with van der Waals surface area (Å²) < 4.78 is 0. The SMILES string of the molecule is CC(C)N[C@H](C(=O)C[C@@H](C)C(=O)N[C@@H](C)/C=C/C(=O)NCC[C@@H](C)O)[C@@H](C)O. The molecule has 0 fully saturated rings. The molecule has 0 aromatic carbocycles. The van der Waals surface area contributed by atoms with E-state index in [-0.39, 0.29) is 36.1 Å². The molecule has 0 radical (unpaired) electrons. The second kappa shape index (κ2) is 13.4. The molecular formula is C20H37N3O5. The molecule has 0 aliphatic heterocycles. The molecule has 0 saturated carbocycles. The third-order valence-corrected chi connectivity index (χ3v) is 4.06. The molecule has 0 saturated heterocycles. The molecule has 0 spiro atoms. The summed E-state index contributed by atoms with van der Waals surface area (Å²) in [6.45, 7) is 10.7. The standard InChI is InChI=1S/C20H37N3O5/c1-12(2)22-19(16(6)25)17(26)11-13(3)20(28)23-14(4)7-8-18(27)21-10-9-15(5)24/h7-8,12-16,19,22,24-25H,9-11H2,1-6H3,(H,21,27)(H,23,28)/b8-7+/t13-,14+,15-,16-,19+/m1/s1. The van der Waals surface area contributed by atoms with E-state index in [9.17, 15) is 19.5 Å². The Kier molecular flexibility index (Phi) is 12.6. The average molecular weight is 400 g/mol. The van der Waals surface area contributed by atoms with Crippen molar-refractivity contribution in [3.63, 3.8) is 0 Å². The molecule has 0 aromatic heterocycles. The van der Waals surface area contributed by atoms with Crippen LogP contribution in [0.3, 0.4) is 0 Å². The Morgan fingerprint density at radius 3 is 2.11 bits per heavy atom. The van der Waals surface area contributed by atoms with Gasteiger partial charge in [0.05, 0.1) is 18.2 Å². The Hall–Kier alpha value is -1.77. The highest BCUT2D eigenvalue weighted by molar-refractivity contribution is 5.90. The van der Waals surface area contributed by atoms with Crippen LogP contribution in [-0.2, 0) is 14.4 Å². The van der Waals surface area contributed by atoms with E-state index in [0.717, 1.165) is 0 Å². The van der Waals surface area contributed by atoms with Crippen molar-refractivity contribution in [2.45, 2.75) is 84.7 Å². The molecular weight excluding hydrogens is 362 g/mol. The minimum Gasteiger partial charge on any atom is -0.393 e. The fraction of sp³-hybridized carbons (Fsp3) is 0.750. The first-order valence-corrected chi connectivity index (χ1v) is 9.85. The van der Waals surface area contributed by atoms with E-state index in [1.807, 2.05) is 13.8 Å². The molecule has 0 heterocycles. The van der Waals surface area contributed by atoms with E-state index in [1.165, 1.54) is 6.08 Å². The van der Waals surface area contributed by atoms with Gasteiger partial charge in [-0.2, -0.15) is 0 Å². The maximum absolute atomic E-state index is 12.4. The van der Waals surface area contributed by atoms with Crippen LogP contribution in [0, 0.1) is 5.92 Å². The van der Waals surface area contributed by atoms with Gasteiger partial charge in [-0.25, -0.2) is 0 Å². The number of amides is 2. The first kappa shape index (κ1) is 26.2. The number of rotatable bonds is 13. The lowest BCUT2D eigenvalue weighted by Gasteiger charge is -2.24. The molecule has 8 nitrogen and oxygen atoms in total. The summed E-state index contributed by atoms with van der Waals surface area (Å²) in [7, 11) is 0. The zero-order valence-electron chi connectivity index (χ0n) is 17.9. The molecule has 8 heteroatoms. The molecule has 0 rings (SSSR count). The van der Waals surface area contributed by atoms with E-state index in [4.69, 9.17) is 5.11 Å². The number of carbonyl (C=O) groups excluding carboxylic acids is 3. The zero-order chi connectivity index (χ0) is 21.9. The second-order valence-corrected chi connectivity index (χ2v) is 7.70. The fourth-order valence-electron chi connectivity index (χ4n) is 2.49. The largest absolute Gasteiger partial charge is 0.393 e. The number of aliphatic hydroxyl groups is 2. The van der Waals surface area contributed by atoms with Crippen molar-refractivity contribution in [3.05, 3.63) is 12.2 Å². The quantitative estimate of drug-likeness (QED) is 0.283. The summed E-state index contributed by atoms with van der Waals surface area (Å²) in [6.07, 6.45) is 2.05. The van der Waals surface area contributed by atoms with Crippen LogP contribution in [-0.4, -0.2) is 64.7 Å². The fourth-order valence-corrected chi connectivity index (χ4v) is 2.49. The Bertz CT molecular complexity index is 532. The maximum Gasteiger partial charge on any atom is 0.243 e. The first-order valence-electron chi connectivity index (χ1n) is 9.85. The number of hydrogen-bond acceptors (Lipinski definition) is 6. The summed E-state index contributed by atoms with van der Waals surface area (Å²) in [6, 6.07) is -1.06. The molecule has 5 atom stereocenters. The molecule has 0 aliphatic carbocycles. The third-order valence-electron chi connectivity index (χ3n) is 4.06. The number of hydrogen-bond donors (Lipinski definition) is 5. The lowest BCUT2D eigenvalue weighted by Crippen LogP contribution is -2.49. The van der Waals surface area contributed by atoms with Crippen LogP contribution in [0.1, 0.15) is 54.4 Å². The third kappa shape index (κ3) is 11.8. The van der Waals surface area contributed by atoms with E-state index < -0.39 is 24.2 Å². The van der Waals surface area contributed by atoms with Crippen molar-refractivity contribution in [2.75, 3.05) is 6.54 Å². The molecule has 0 aliphatic rings. The van der Waals surface area contributed by atoms with Crippen molar-refractivity contribution in [1.82, 2.24) is 16.0 Å². The van der Waals surface area contributed by atoms with Crippen LogP contribution in [0.2, 0.25) is 0 Å². The highest BCUT2D eigenvalue weighted by Gasteiger charge is 2.27. The van der Waals surface area contributed by atoms with E-state index in [1.54, 1.807) is 33.8 Å². The summed E-state index contributed by atoms with van der Waals surface area (Å²) in [4.78, 5) is 36.3. The van der Waals surface area contributed by atoms with Crippen molar-refractivity contribution in [1.29, 1.82) is 0 Å². The summed E-state index contributed by atoms with van der Waals surface area (Å²) >= 11 is 0. The van der Waals surface area contributed by atoms with Gasteiger partial charge in [0.1, 0.15) is 0 Å². The van der Waals surface area contributed by atoms with Gasteiger partial charge in [-0.05, 0) is 27.2 Å². The molecule has 0 unspecified atom stereocenters. The summed E-state index contributed by atoms with van der Waals surface area (Å²) in [5, 5.41) is 27.3. The Morgan fingerprint density at radius 1 is 1.00 bits per heavy atom. The van der Waals surface area contributed by atoms with Crippen LogP contribution >= 0.6 is 0 Å². The highest BCUT2D eigenvalue weighted by atomic mass is 16.3. The van der Waals surface area contributed by atoms with E-state index in [0.29, 0.717) is 13.0 Å². The van der Waals surface area contributed by atoms with Gasteiger partial charge in [0, 0.05) is 37.0 Å². The summed E-state index contributed by atoms with van der Waals surface area (Å²) in [5.74, 6) is -1.37.